The van der Waals surface area contributed by atoms with Crippen molar-refractivity contribution in [1.29, 1.82) is 0 Å². The third-order valence-corrected chi connectivity index (χ3v) is 7.21. The van der Waals surface area contributed by atoms with Crippen molar-refractivity contribution in [2.45, 2.75) is 69.6 Å². The molecule has 0 aromatic heterocycles. The summed E-state index contributed by atoms with van der Waals surface area (Å²) in [6, 6.07) is -0.942. The fraction of sp³-hybridized carbons (Fsp3) is 0.765. The Hall–Kier alpha value is -1.22. The van der Waals surface area contributed by atoms with Crippen molar-refractivity contribution in [3.63, 3.8) is 0 Å². The van der Waals surface area contributed by atoms with Gasteiger partial charge in [-0.25, -0.2) is 0 Å². The zero-order valence-corrected chi connectivity index (χ0v) is 16.6. The average Bonchev–Trinajstić information content (AvgIpc) is 3.08. The lowest BCUT2D eigenvalue weighted by Crippen LogP contribution is -2.42. The van der Waals surface area contributed by atoms with Gasteiger partial charge in [-0.05, 0) is 25.7 Å². The monoisotopic (exact) mass is 405 g/mol. The Kier molecular flexibility index (Phi) is 10.7. The second-order valence-electron chi connectivity index (χ2n) is 6.54. The second-order valence-corrected chi connectivity index (χ2v) is 9.32. The summed E-state index contributed by atoms with van der Waals surface area (Å²) in [5.74, 6) is -2.56. The minimum Gasteiger partial charge on any atom is -0.481 e. The van der Waals surface area contributed by atoms with Crippen LogP contribution in [-0.2, 0) is 19.2 Å². The van der Waals surface area contributed by atoms with E-state index in [1.165, 1.54) is 19.1 Å². The standard InChI is InChI=1S/C17H27NO6S2/c1-11(17(23)24)10-14(19)13(6-7-16(21)22)18-15(20)5-3-2-4-12-8-9-25-26-12/h11-13H,2-10H2,1H3,(H,18,20)(H,21,22)(H,23,24). The number of rotatable bonds is 13. The molecule has 1 aliphatic heterocycles. The predicted octanol–water partition coefficient (Wildman–Crippen LogP) is 2.73. The van der Waals surface area contributed by atoms with Crippen LogP contribution in [0.2, 0.25) is 0 Å². The molecular formula is C17H27NO6S2. The smallest absolute Gasteiger partial charge is 0.306 e. The number of aliphatic carboxylic acids is 2. The molecule has 1 rings (SSSR count). The second kappa shape index (κ2) is 12.2. The Bertz CT molecular complexity index is 507. The van der Waals surface area contributed by atoms with Gasteiger partial charge in [0.05, 0.1) is 12.0 Å². The molecule has 0 radical (unpaired) electrons. The highest BCUT2D eigenvalue weighted by molar-refractivity contribution is 8.77. The van der Waals surface area contributed by atoms with E-state index in [2.05, 4.69) is 5.32 Å². The highest BCUT2D eigenvalue weighted by Crippen LogP contribution is 2.39. The largest absolute Gasteiger partial charge is 0.481 e. The van der Waals surface area contributed by atoms with Crippen LogP contribution in [0, 0.1) is 5.92 Å². The minimum absolute atomic E-state index is 0.0256. The third kappa shape index (κ3) is 9.47. The summed E-state index contributed by atoms with van der Waals surface area (Å²) in [6.07, 6.45) is 3.72. The van der Waals surface area contributed by atoms with Crippen LogP contribution in [0.15, 0.2) is 0 Å². The number of ketones is 1. The highest BCUT2D eigenvalue weighted by atomic mass is 33.1. The van der Waals surface area contributed by atoms with Crippen molar-refractivity contribution in [3.05, 3.63) is 0 Å². The van der Waals surface area contributed by atoms with E-state index in [1.807, 2.05) is 21.6 Å². The number of Topliss-reactive ketones (excluding diaryl/α,β-unsaturated/α-hetero) is 1. The van der Waals surface area contributed by atoms with Gasteiger partial charge in [0, 0.05) is 30.3 Å². The summed E-state index contributed by atoms with van der Waals surface area (Å²) in [7, 11) is 3.78. The SMILES string of the molecule is CC(CC(=O)C(CCC(=O)O)NC(=O)CCCCC1CCSS1)C(=O)O. The van der Waals surface area contributed by atoms with Gasteiger partial charge in [0.2, 0.25) is 5.91 Å². The van der Waals surface area contributed by atoms with E-state index >= 15 is 0 Å². The minimum atomic E-state index is -1.09. The number of nitrogens with one attached hydrogen (secondary N) is 1. The summed E-state index contributed by atoms with van der Waals surface area (Å²) >= 11 is 0. The van der Waals surface area contributed by atoms with Gasteiger partial charge in [-0.1, -0.05) is 34.9 Å². The molecule has 26 heavy (non-hydrogen) atoms. The lowest BCUT2D eigenvalue weighted by molar-refractivity contribution is -0.143. The molecule has 1 heterocycles. The summed E-state index contributed by atoms with van der Waals surface area (Å²) in [5, 5.41) is 21.0. The Morgan fingerprint density at radius 2 is 1.88 bits per heavy atom. The Morgan fingerprint density at radius 1 is 1.15 bits per heavy atom. The van der Waals surface area contributed by atoms with Crippen LogP contribution in [-0.4, -0.2) is 50.9 Å². The number of hydrogen-bond donors (Lipinski definition) is 3. The molecule has 9 heteroatoms. The lowest BCUT2D eigenvalue weighted by atomic mass is 9.97. The van der Waals surface area contributed by atoms with Crippen LogP contribution in [0.4, 0.5) is 0 Å². The summed E-state index contributed by atoms with van der Waals surface area (Å²) < 4.78 is 0. The first kappa shape index (κ1) is 22.8. The molecule has 0 aromatic rings. The number of unbranched alkanes of at least 4 members (excludes halogenated alkanes) is 1. The van der Waals surface area contributed by atoms with E-state index in [-0.39, 0.29) is 31.6 Å². The molecule has 1 aliphatic rings. The molecule has 0 aliphatic carbocycles. The van der Waals surface area contributed by atoms with Crippen molar-refractivity contribution >= 4 is 45.2 Å². The molecule has 0 saturated carbocycles. The van der Waals surface area contributed by atoms with Crippen molar-refractivity contribution < 1.29 is 29.4 Å². The maximum absolute atomic E-state index is 12.2. The molecule has 3 N–H and O–H groups in total. The molecule has 1 saturated heterocycles. The fourth-order valence-electron chi connectivity index (χ4n) is 2.60. The zero-order chi connectivity index (χ0) is 19.5. The maximum Gasteiger partial charge on any atom is 0.306 e. The van der Waals surface area contributed by atoms with Crippen molar-refractivity contribution in [2.24, 2.45) is 5.92 Å². The van der Waals surface area contributed by atoms with Crippen molar-refractivity contribution in [1.82, 2.24) is 5.32 Å². The first-order valence-electron chi connectivity index (χ1n) is 8.84. The van der Waals surface area contributed by atoms with Crippen molar-refractivity contribution in [3.8, 4) is 0 Å². The van der Waals surface area contributed by atoms with E-state index in [9.17, 15) is 19.2 Å². The van der Waals surface area contributed by atoms with Gasteiger partial charge in [-0.15, -0.1) is 0 Å². The van der Waals surface area contributed by atoms with E-state index < -0.39 is 29.7 Å². The predicted molar refractivity (Wildman–Crippen MR) is 102 cm³/mol. The number of carbonyl (C=O) groups is 4. The van der Waals surface area contributed by atoms with Crippen LogP contribution >= 0.6 is 21.6 Å². The summed E-state index contributed by atoms with van der Waals surface area (Å²) in [5.41, 5.74) is 0. The summed E-state index contributed by atoms with van der Waals surface area (Å²) in [4.78, 5) is 46.0. The van der Waals surface area contributed by atoms with Gasteiger partial charge in [0.1, 0.15) is 0 Å². The topological polar surface area (TPSA) is 121 Å². The maximum atomic E-state index is 12.2. The van der Waals surface area contributed by atoms with Crippen molar-refractivity contribution in [2.75, 3.05) is 5.75 Å². The molecule has 7 nitrogen and oxygen atoms in total. The zero-order valence-electron chi connectivity index (χ0n) is 14.9. The number of hydrogen-bond acceptors (Lipinski definition) is 6. The molecule has 1 amide bonds. The van der Waals surface area contributed by atoms with E-state index in [1.54, 1.807) is 0 Å². The third-order valence-electron chi connectivity index (χ3n) is 4.21. The number of amides is 1. The highest BCUT2D eigenvalue weighted by Gasteiger charge is 2.25. The van der Waals surface area contributed by atoms with Crippen LogP contribution in [0.5, 0.6) is 0 Å². The van der Waals surface area contributed by atoms with Gasteiger partial charge in [-0.3, -0.25) is 19.2 Å². The number of carboxylic acid groups (broad SMARTS) is 2. The molecular weight excluding hydrogens is 378 g/mol. The van der Waals surface area contributed by atoms with E-state index in [0.29, 0.717) is 5.25 Å². The van der Waals surface area contributed by atoms with Gasteiger partial charge in [-0.2, -0.15) is 0 Å². The number of carbonyl (C=O) groups excluding carboxylic acids is 2. The van der Waals surface area contributed by atoms with Crippen LogP contribution in [0.1, 0.15) is 58.3 Å². The number of carboxylic acids is 2. The molecule has 3 atom stereocenters. The molecule has 0 aromatic carbocycles. The quantitative estimate of drug-likeness (QED) is 0.316. The van der Waals surface area contributed by atoms with Crippen LogP contribution in [0.25, 0.3) is 0 Å². The van der Waals surface area contributed by atoms with Gasteiger partial charge in [0.25, 0.3) is 0 Å². The van der Waals surface area contributed by atoms with E-state index in [0.717, 1.165) is 19.3 Å². The molecule has 0 spiro atoms. The lowest BCUT2D eigenvalue weighted by Gasteiger charge is -2.18. The fourth-order valence-corrected chi connectivity index (χ4v) is 5.63. The van der Waals surface area contributed by atoms with Gasteiger partial charge in [0.15, 0.2) is 5.78 Å². The Balaban J connectivity index is 2.41. The van der Waals surface area contributed by atoms with Gasteiger partial charge >= 0.3 is 11.9 Å². The molecule has 3 unspecified atom stereocenters. The average molecular weight is 406 g/mol. The van der Waals surface area contributed by atoms with Crippen LogP contribution < -0.4 is 5.32 Å². The first-order valence-corrected chi connectivity index (χ1v) is 11.2. The first-order chi connectivity index (χ1) is 12.3. The van der Waals surface area contributed by atoms with Crippen LogP contribution in [0.3, 0.4) is 0 Å². The molecule has 1 fully saturated rings. The summed E-state index contributed by atoms with van der Waals surface area (Å²) in [6.45, 7) is 1.41. The van der Waals surface area contributed by atoms with E-state index in [4.69, 9.17) is 10.2 Å². The molecule has 0 bridgehead atoms. The Labute approximate surface area is 161 Å². The Morgan fingerprint density at radius 3 is 2.46 bits per heavy atom. The normalized spacial score (nSPS) is 18.9. The van der Waals surface area contributed by atoms with Gasteiger partial charge < -0.3 is 15.5 Å². The molecule has 148 valence electrons.